The number of aromatic nitrogens is 3. The predicted molar refractivity (Wildman–Crippen MR) is 111 cm³/mol. The van der Waals surface area contributed by atoms with Crippen LogP contribution in [-0.2, 0) is 6.54 Å². The summed E-state index contributed by atoms with van der Waals surface area (Å²) in [7, 11) is 0. The van der Waals surface area contributed by atoms with Crippen molar-refractivity contribution in [3.8, 4) is 29.4 Å². The van der Waals surface area contributed by atoms with E-state index in [9.17, 15) is 4.79 Å². The summed E-state index contributed by atoms with van der Waals surface area (Å²) in [5, 5.41) is 0. The molecule has 1 atom stereocenters. The number of H-pyrrole nitrogens is 1. The molecular formula is C23H22N4O2. The van der Waals surface area contributed by atoms with Crippen LogP contribution in [0.4, 0.5) is 0 Å². The zero-order chi connectivity index (χ0) is 20.1. The number of nitrogens with zero attached hydrogens (tertiary/aromatic N) is 3. The van der Waals surface area contributed by atoms with E-state index in [0.717, 1.165) is 43.2 Å². The average molecular weight is 386 g/mol. The Morgan fingerprint density at radius 2 is 2.21 bits per heavy atom. The van der Waals surface area contributed by atoms with Crippen LogP contribution in [0.25, 0.3) is 11.3 Å². The highest BCUT2D eigenvalue weighted by atomic mass is 16.5. The fourth-order valence-corrected chi connectivity index (χ4v) is 3.65. The van der Waals surface area contributed by atoms with E-state index in [2.05, 4.69) is 26.9 Å². The molecule has 1 unspecified atom stereocenters. The van der Waals surface area contributed by atoms with E-state index in [4.69, 9.17) is 16.1 Å². The second kappa shape index (κ2) is 8.72. The van der Waals surface area contributed by atoms with Gasteiger partial charge < -0.3 is 9.72 Å². The number of hydrogen-bond acceptors (Lipinski definition) is 5. The van der Waals surface area contributed by atoms with Gasteiger partial charge >= 0.3 is 0 Å². The topological polar surface area (TPSA) is 71.1 Å². The third-order valence-electron chi connectivity index (χ3n) is 5.00. The van der Waals surface area contributed by atoms with Crippen molar-refractivity contribution in [1.29, 1.82) is 0 Å². The highest BCUT2D eigenvalue weighted by Crippen LogP contribution is 2.27. The molecular weight excluding hydrogens is 364 g/mol. The molecule has 3 heterocycles. The van der Waals surface area contributed by atoms with Crippen molar-refractivity contribution in [3.05, 3.63) is 76.6 Å². The van der Waals surface area contributed by atoms with Crippen LogP contribution in [0.3, 0.4) is 0 Å². The van der Waals surface area contributed by atoms with Crippen LogP contribution in [0.2, 0.25) is 0 Å². The molecule has 0 spiro atoms. The Morgan fingerprint density at radius 3 is 3.03 bits per heavy atom. The van der Waals surface area contributed by atoms with E-state index in [-0.39, 0.29) is 18.1 Å². The Kier molecular flexibility index (Phi) is 5.68. The number of aromatic amines is 1. The van der Waals surface area contributed by atoms with Gasteiger partial charge in [0.25, 0.3) is 5.56 Å². The first kappa shape index (κ1) is 18.9. The minimum Gasteiger partial charge on any atom is -0.481 e. The maximum Gasteiger partial charge on any atom is 0.251 e. The van der Waals surface area contributed by atoms with Gasteiger partial charge in [0.2, 0.25) is 0 Å². The van der Waals surface area contributed by atoms with Gasteiger partial charge in [-0.2, -0.15) is 0 Å². The summed E-state index contributed by atoms with van der Waals surface area (Å²) >= 11 is 0. The van der Waals surface area contributed by atoms with Gasteiger partial charge in [-0.15, -0.1) is 6.42 Å². The smallest absolute Gasteiger partial charge is 0.251 e. The van der Waals surface area contributed by atoms with Gasteiger partial charge in [0.1, 0.15) is 18.2 Å². The number of rotatable bonds is 6. The van der Waals surface area contributed by atoms with Gasteiger partial charge in [-0.1, -0.05) is 18.1 Å². The van der Waals surface area contributed by atoms with Crippen LogP contribution in [0.1, 0.15) is 23.7 Å². The van der Waals surface area contributed by atoms with Crippen molar-refractivity contribution >= 4 is 0 Å². The monoisotopic (exact) mass is 386 g/mol. The predicted octanol–water partition coefficient (Wildman–Crippen LogP) is 2.83. The summed E-state index contributed by atoms with van der Waals surface area (Å²) in [5.74, 6) is 4.20. The summed E-state index contributed by atoms with van der Waals surface area (Å²) in [6.45, 7) is 2.87. The minimum absolute atomic E-state index is 0.134. The van der Waals surface area contributed by atoms with Crippen molar-refractivity contribution < 1.29 is 4.74 Å². The Labute approximate surface area is 169 Å². The van der Waals surface area contributed by atoms with Crippen LogP contribution < -0.4 is 10.3 Å². The van der Waals surface area contributed by atoms with Gasteiger partial charge in [-0.25, -0.2) is 4.98 Å². The number of likely N-dealkylation sites (tertiary alicyclic amines) is 1. The third kappa shape index (κ3) is 4.71. The highest BCUT2D eigenvalue weighted by molar-refractivity contribution is 5.56. The molecule has 0 bridgehead atoms. The largest absolute Gasteiger partial charge is 0.481 e. The van der Waals surface area contributed by atoms with Gasteiger partial charge in [-0.05, 0) is 42.8 Å². The molecule has 6 nitrogen and oxygen atoms in total. The SMILES string of the molecule is C#CCOc1cccc(CN2CCC(c3nc(-c4cccnc4)cc(=O)[nH]3)C2)c1. The Hall–Kier alpha value is -3.43. The Balaban J connectivity index is 1.46. The zero-order valence-electron chi connectivity index (χ0n) is 16.0. The number of terminal acetylenes is 1. The molecule has 4 rings (SSSR count). The normalized spacial score (nSPS) is 16.4. The van der Waals surface area contributed by atoms with E-state index >= 15 is 0 Å². The van der Waals surface area contributed by atoms with Crippen molar-refractivity contribution in [3.63, 3.8) is 0 Å². The Bertz CT molecular complexity index is 1070. The van der Waals surface area contributed by atoms with E-state index in [1.807, 2.05) is 30.3 Å². The van der Waals surface area contributed by atoms with Gasteiger partial charge in [-0.3, -0.25) is 14.7 Å². The first-order chi connectivity index (χ1) is 14.2. The van der Waals surface area contributed by atoms with Crippen LogP contribution in [0.5, 0.6) is 5.75 Å². The fourth-order valence-electron chi connectivity index (χ4n) is 3.65. The highest BCUT2D eigenvalue weighted by Gasteiger charge is 2.26. The van der Waals surface area contributed by atoms with Gasteiger partial charge in [0.15, 0.2) is 0 Å². The van der Waals surface area contributed by atoms with Crippen molar-refractivity contribution in [2.45, 2.75) is 18.9 Å². The molecule has 0 amide bonds. The lowest BCUT2D eigenvalue weighted by atomic mass is 10.1. The molecule has 146 valence electrons. The van der Waals surface area contributed by atoms with Crippen molar-refractivity contribution in [2.75, 3.05) is 19.7 Å². The lowest BCUT2D eigenvalue weighted by Crippen LogP contribution is -2.21. The second-order valence-corrected chi connectivity index (χ2v) is 7.12. The van der Waals surface area contributed by atoms with Gasteiger partial charge in [0.05, 0.1) is 5.69 Å². The van der Waals surface area contributed by atoms with Crippen LogP contribution in [0.15, 0.2) is 59.7 Å². The lowest BCUT2D eigenvalue weighted by molar-refractivity contribution is 0.323. The first-order valence-corrected chi connectivity index (χ1v) is 9.60. The molecule has 1 fully saturated rings. The van der Waals surface area contributed by atoms with Gasteiger partial charge in [0, 0.05) is 43.0 Å². The van der Waals surface area contributed by atoms with Crippen molar-refractivity contribution in [1.82, 2.24) is 19.9 Å². The quantitative estimate of drug-likeness (QED) is 0.660. The van der Waals surface area contributed by atoms with Crippen LogP contribution in [-0.4, -0.2) is 39.5 Å². The summed E-state index contributed by atoms with van der Waals surface area (Å²) in [6, 6.07) is 13.3. The molecule has 1 saturated heterocycles. The zero-order valence-corrected chi connectivity index (χ0v) is 16.0. The number of hydrogen-bond donors (Lipinski definition) is 1. The maximum atomic E-state index is 12.2. The lowest BCUT2D eigenvalue weighted by Gasteiger charge is -2.16. The molecule has 1 N–H and O–H groups in total. The number of nitrogens with one attached hydrogen (secondary N) is 1. The minimum atomic E-state index is -0.134. The summed E-state index contributed by atoms with van der Waals surface area (Å²) in [4.78, 5) is 26.3. The molecule has 6 heteroatoms. The summed E-state index contributed by atoms with van der Waals surface area (Å²) in [6.07, 6.45) is 9.64. The third-order valence-corrected chi connectivity index (χ3v) is 5.00. The summed E-state index contributed by atoms with van der Waals surface area (Å²) < 4.78 is 5.51. The molecule has 0 saturated carbocycles. The fraction of sp³-hybridized carbons (Fsp3) is 0.261. The maximum absolute atomic E-state index is 12.2. The Morgan fingerprint density at radius 1 is 1.28 bits per heavy atom. The molecule has 3 aromatic rings. The molecule has 1 aliphatic heterocycles. The van der Waals surface area contributed by atoms with Crippen LogP contribution in [0, 0.1) is 12.3 Å². The number of ether oxygens (including phenoxy) is 1. The number of benzene rings is 1. The molecule has 2 aromatic heterocycles. The molecule has 0 aliphatic carbocycles. The standard InChI is InChI=1S/C23H22N4O2/c1-2-11-29-20-7-3-5-17(12-20)15-27-10-8-19(16-27)23-25-21(13-22(28)26-23)18-6-4-9-24-14-18/h1,3-7,9,12-14,19H,8,10-11,15-16H2,(H,25,26,28). The van der Waals surface area contributed by atoms with E-state index < -0.39 is 0 Å². The molecule has 1 aromatic carbocycles. The second-order valence-electron chi connectivity index (χ2n) is 7.12. The van der Waals surface area contributed by atoms with E-state index in [1.54, 1.807) is 12.4 Å². The van der Waals surface area contributed by atoms with E-state index in [1.165, 1.54) is 11.6 Å². The number of pyridine rings is 1. The van der Waals surface area contributed by atoms with Crippen molar-refractivity contribution in [2.24, 2.45) is 0 Å². The summed E-state index contributed by atoms with van der Waals surface area (Å²) in [5.41, 5.74) is 2.54. The molecule has 0 radical (unpaired) electrons. The molecule has 1 aliphatic rings. The van der Waals surface area contributed by atoms with E-state index in [0.29, 0.717) is 5.69 Å². The average Bonchev–Trinajstić information content (AvgIpc) is 3.21. The first-order valence-electron chi connectivity index (χ1n) is 9.60. The molecule has 29 heavy (non-hydrogen) atoms. The van der Waals surface area contributed by atoms with Crippen LogP contribution >= 0.6 is 0 Å².